The van der Waals surface area contributed by atoms with Crippen molar-refractivity contribution in [3.8, 4) is 17.2 Å². The predicted molar refractivity (Wildman–Crippen MR) is 140 cm³/mol. The number of anilines is 1. The van der Waals surface area contributed by atoms with Crippen LogP contribution < -0.4 is 14.8 Å². The van der Waals surface area contributed by atoms with Gasteiger partial charge in [0.25, 0.3) is 5.91 Å². The van der Waals surface area contributed by atoms with E-state index in [2.05, 4.69) is 17.3 Å². The maximum absolute atomic E-state index is 12.4. The third-order valence-electron chi connectivity index (χ3n) is 5.34. The highest BCUT2D eigenvalue weighted by Crippen LogP contribution is 2.29. The van der Waals surface area contributed by atoms with Gasteiger partial charge in [-0.15, -0.1) is 0 Å². The molecule has 0 fully saturated rings. The fourth-order valence-corrected chi connectivity index (χ4v) is 3.51. The third kappa shape index (κ3) is 7.21. The van der Waals surface area contributed by atoms with E-state index >= 15 is 0 Å². The van der Waals surface area contributed by atoms with E-state index in [1.54, 1.807) is 16.8 Å². The highest BCUT2D eigenvalue weighted by molar-refractivity contribution is 5.95. The molecule has 0 radical (unpaired) electrons. The standard InChI is InChI=1S/C28H33N3O5/c1-5-7-17-35-24-15-13-22(18-25(24)34-6-2)14-16-27(33)36-19-26(32)29-28-20(3)30-31(21(28)4)23-11-9-8-10-12-23/h8-16,18H,5-7,17,19H2,1-4H3,(H,29,32). The number of carbonyl (C=O) groups excluding carboxylic acids is 2. The Balaban J connectivity index is 1.56. The smallest absolute Gasteiger partial charge is 0.331 e. The van der Waals surface area contributed by atoms with Crippen molar-refractivity contribution >= 4 is 23.6 Å². The summed E-state index contributed by atoms with van der Waals surface area (Å²) in [4.78, 5) is 24.6. The Labute approximate surface area is 211 Å². The minimum atomic E-state index is -0.625. The molecule has 36 heavy (non-hydrogen) atoms. The quantitative estimate of drug-likeness (QED) is 0.211. The van der Waals surface area contributed by atoms with E-state index in [1.807, 2.05) is 63.2 Å². The van der Waals surface area contributed by atoms with Gasteiger partial charge in [0.05, 0.1) is 36.0 Å². The van der Waals surface area contributed by atoms with Gasteiger partial charge < -0.3 is 19.5 Å². The summed E-state index contributed by atoms with van der Waals surface area (Å²) < 4.78 is 18.3. The maximum Gasteiger partial charge on any atom is 0.331 e. The Morgan fingerprint density at radius 1 is 1.03 bits per heavy atom. The zero-order valence-electron chi connectivity index (χ0n) is 21.2. The third-order valence-corrected chi connectivity index (χ3v) is 5.34. The number of rotatable bonds is 12. The van der Waals surface area contributed by atoms with Gasteiger partial charge in [-0.05, 0) is 63.1 Å². The molecule has 3 aromatic rings. The van der Waals surface area contributed by atoms with Gasteiger partial charge in [0.15, 0.2) is 18.1 Å². The highest BCUT2D eigenvalue weighted by Gasteiger charge is 2.16. The van der Waals surface area contributed by atoms with Crippen molar-refractivity contribution in [3.05, 3.63) is 71.6 Å². The zero-order valence-corrected chi connectivity index (χ0v) is 21.2. The van der Waals surface area contributed by atoms with E-state index in [4.69, 9.17) is 14.2 Å². The van der Waals surface area contributed by atoms with Gasteiger partial charge in [0, 0.05) is 6.08 Å². The molecule has 8 heteroatoms. The molecule has 0 aliphatic rings. The van der Waals surface area contributed by atoms with E-state index in [9.17, 15) is 9.59 Å². The van der Waals surface area contributed by atoms with E-state index in [0.717, 1.165) is 29.8 Å². The molecule has 0 spiro atoms. The van der Waals surface area contributed by atoms with Gasteiger partial charge in [0.2, 0.25) is 0 Å². The van der Waals surface area contributed by atoms with Crippen molar-refractivity contribution < 1.29 is 23.8 Å². The molecule has 0 aliphatic heterocycles. The van der Waals surface area contributed by atoms with Gasteiger partial charge >= 0.3 is 5.97 Å². The lowest BCUT2D eigenvalue weighted by atomic mass is 10.2. The zero-order chi connectivity index (χ0) is 25.9. The molecule has 1 aromatic heterocycles. The van der Waals surface area contributed by atoms with Crippen molar-refractivity contribution in [2.24, 2.45) is 0 Å². The Kier molecular flexibility index (Phi) is 9.68. The first-order valence-corrected chi connectivity index (χ1v) is 12.1. The van der Waals surface area contributed by atoms with Crippen LogP contribution in [0, 0.1) is 13.8 Å². The number of amides is 1. The number of nitrogens with zero attached hydrogens (tertiary/aromatic N) is 2. The molecule has 190 valence electrons. The van der Waals surface area contributed by atoms with Crippen LogP contribution in [-0.4, -0.2) is 41.5 Å². The summed E-state index contributed by atoms with van der Waals surface area (Å²) in [5.41, 5.74) is 3.69. The van der Waals surface area contributed by atoms with E-state index in [-0.39, 0.29) is 0 Å². The lowest BCUT2D eigenvalue weighted by molar-refractivity contribution is -0.142. The first-order chi connectivity index (χ1) is 17.4. The van der Waals surface area contributed by atoms with Crippen molar-refractivity contribution in [2.75, 3.05) is 25.1 Å². The minimum Gasteiger partial charge on any atom is -0.490 e. The van der Waals surface area contributed by atoms with E-state index < -0.39 is 18.5 Å². The number of ether oxygens (including phenoxy) is 3. The Hall–Kier alpha value is -4.07. The van der Waals surface area contributed by atoms with E-state index in [0.29, 0.717) is 36.1 Å². The van der Waals surface area contributed by atoms with Gasteiger partial charge in [-0.3, -0.25) is 4.79 Å². The highest BCUT2D eigenvalue weighted by atomic mass is 16.5. The van der Waals surface area contributed by atoms with Crippen LogP contribution in [0.2, 0.25) is 0 Å². The number of aromatic nitrogens is 2. The average Bonchev–Trinajstić information content (AvgIpc) is 3.16. The largest absolute Gasteiger partial charge is 0.490 e. The van der Waals surface area contributed by atoms with Crippen LogP contribution >= 0.6 is 0 Å². The van der Waals surface area contributed by atoms with Crippen LogP contribution in [0.15, 0.2) is 54.6 Å². The van der Waals surface area contributed by atoms with Crippen LogP contribution in [0.4, 0.5) is 5.69 Å². The molecule has 0 saturated carbocycles. The topological polar surface area (TPSA) is 91.7 Å². The molecule has 0 atom stereocenters. The number of esters is 1. The second-order valence-electron chi connectivity index (χ2n) is 8.12. The second-order valence-corrected chi connectivity index (χ2v) is 8.12. The van der Waals surface area contributed by atoms with Crippen LogP contribution in [0.5, 0.6) is 11.5 Å². The molecule has 3 rings (SSSR count). The summed E-state index contributed by atoms with van der Waals surface area (Å²) in [5.74, 6) is 0.218. The summed E-state index contributed by atoms with van der Waals surface area (Å²) >= 11 is 0. The number of nitrogens with one attached hydrogen (secondary N) is 1. The Morgan fingerprint density at radius 2 is 1.81 bits per heavy atom. The normalized spacial score (nSPS) is 10.9. The summed E-state index contributed by atoms with van der Waals surface area (Å²) in [5, 5.41) is 7.30. The molecule has 1 amide bonds. The van der Waals surface area contributed by atoms with Gasteiger partial charge in [0.1, 0.15) is 0 Å². The fourth-order valence-electron chi connectivity index (χ4n) is 3.51. The van der Waals surface area contributed by atoms with Gasteiger partial charge in [-0.2, -0.15) is 5.10 Å². The maximum atomic E-state index is 12.4. The lowest BCUT2D eigenvalue weighted by Gasteiger charge is -2.12. The number of hydrogen-bond donors (Lipinski definition) is 1. The van der Waals surface area contributed by atoms with Crippen LogP contribution in [0.25, 0.3) is 11.8 Å². The monoisotopic (exact) mass is 491 g/mol. The first kappa shape index (κ1) is 26.5. The van der Waals surface area contributed by atoms with Crippen molar-refractivity contribution in [2.45, 2.75) is 40.5 Å². The summed E-state index contributed by atoms with van der Waals surface area (Å²) in [6, 6.07) is 15.1. The molecule has 0 saturated heterocycles. The average molecular weight is 492 g/mol. The van der Waals surface area contributed by atoms with Crippen LogP contribution in [-0.2, 0) is 14.3 Å². The molecule has 8 nitrogen and oxygen atoms in total. The second kappa shape index (κ2) is 13.1. The minimum absolute atomic E-state index is 0.410. The molecule has 0 bridgehead atoms. The SMILES string of the molecule is CCCCOc1ccc(C=CC(=O)OCC(=O)Nc2c(C)nn(-c3ccccc3)c2C)cc1OCC. The molecule has 1 heterocycles. The first-order valence-electron chi connectivity index (χ1n) is 12.1. The molecular formula is C28H33N3O5. The van der Waals surface area contributed by atoms with Crippen molar-refractivity contribution in [3.63, 3.8) is 0 Å². The van der Waals surface area contributed by atoms with Gasteiger partial charge in [-0.25, -0.2) is 9.48 Å². The van der Waals surface area contributed by atoms with E-state index in [1.165, 1.54) is 6.08 Å². The summed E-state index contributed by atoms with van der Waals surface area (Å²) in [6.45, 7) is 8.39. The number of para-hydroxylation sites is 1. The molecular weight excluding hydrogens is 458 g/mol. The lowest BCUT2D eigenvalue weighted by Crippen LogP contribution is -2.20. The Morgan fingerprint density at radius 3 is 2.53 bits per heavy atom. The number of unbranched alkanes of at least 4 members (excludes halogenated alkanes) is 1. The molecule has 0 aliphatic carbocycles. The molecule has 1 N–H and O–H groups in total. The van der Waals surface area contributed by atoms with Crippen LogP contribution in [0.3, 0.4) is 0 Å². The van der Waals surface area contributed by atoms with Crippen molar-refractivity contribution in [1.29, 1.82) is 0 Å². The van der Waals surface area contributed by atoms with Crippen LogP contribution in [0.1, 0.15) is 43.6 Å². The number of benzene rings is 2. The fraction of sp³-hybridized carbons (Fsp3) is 0.321. The number of hydrogen-bond acceptors (Lipinski definition) is 6. The molecule has 0 unspecified atom stereocenters. The van der Waals surface area contributed by atoms with Gasteiger partial charge in [-0.1, -0.05) is 37.6 Å². The predicted octanol–water partition coefficient (Wildman–Crippen LogP) is 5.26. The summed E-state index contributed by atoms with van der Waals surface area (Å²) in [6.07, 6.45) is 4.89. The van der Waals surface area contributed by atoms with Crippen molar-refractivity contribution in [1.82, 2.24) is 9.78 Å². The number of aryl methyl sites for hydroxylation is 1. The summed E-state index contributed by atoms with van der Waals surface area (Å²) in [7, 11) is 0. The Bertz CT molecular complexity index is 1200. The number of carbonyl (C=O) groups is 2. The molecule has 2 aromatic carbocycles.